The zero-order valence-corrected chi connectivity index (χ0v) is 11.8. The van der Waals surface area contributed by atoms with Gasteiger partial charge in [-0.15, -0.1) is 0 Å². The number of rotatable bonds is 7. The van der Waals surface area contributed by atoms with Crippen LogP contribution >= 0.6 is 0 Å². The lowest BCUT2D eigenvalue weighted by atomic mass is 10.2. The van der Waals surface area contributed by atoms with Crippen molar-refractivity contribution in [3.8, 4) is 17.6 Å². The van der Waals surface area contributed by atoms with Crippen molar-refractivity contribution in [2.24, 2.45) is 0 Å². The first-order valence-electron chi connectivity index (χ1n) is 6.54. The van der Waals surface area contributed by atoms with Crippen molar-refractivity contribution in [1.29, 1.82) is 5.26 Å². The van der Waals surface area contributed by atoms with Crippen LogP contribution in [0.2, 0.25) is 0 Å². The molecule has 0 bridgehead atoms. The maximum absolute atomic E-state index is 8.66. The number of nitrogens with zero attached hydrogens (tertiary/aromatic N) is 1. The lowest BCUT2D eigenvalue weighted by Crippen LogP contribution is -2.21. The van der Waals surface area contributed by atoms with Gasteiger partial charge in [0, 0.05) is 17.8 Å². The number of anilines is 1. The molecule has 0 unspecified atom stereocenters. The van der Waals surface area contributed by atoms with Crippen LogP contribution < -0.4 is 20.3 Å². The second-order valence-electron chi connectivity index (χ2n) is 4.24. The largest absolute Gasteiger partial charge is 0.493 e. The van der Waals surface area contributed by atoms with Gasteiger partial charge < -0.3 is 14.9 Å². The van der Waals surface area contributed by atoms with Gasteiger partial charge in [-0.2, -0.15) is 5.26 Å². The molecule has 2 aromatic carbocycles. The average Bonchev–Trinajstić information content (AvgIpc) is 2.54. The lowest BCUT2D eigenvalue weighted by Gasteiger charge is -2.14. The van der Waals surface area contributed by atoms with E-state index in [1.54, 1.807) is 13.2 Å². The Hall–Kier alpha value is -2.71. The summed E-state index contributed by atoms with van der Waals surface area (Å²) in [6, 6.07) is 17.4. The number of ether oxygens (including phenoxy) is 2. The number of nitrogens with one attached hydrogen (secondary N) is 2. The summed E-state index contributed by atoms with van der Waals surface area (Å²) < 4.78 is 10.7. The number of para-hydroxylation sites is 2. The van der Waals surface area contributed by atoms with E-state index in [0.717, 1.165) is 11.3 Å². The summed E-state index contributed by atoms with van der Waals surface area (Å²) >= 11 is 0. The zero-order valence-electron chi connectivity index (χ0n) is 11.8. The number of hydrazine groups is 1. The van der Waals surface area contributed by atoms with Gasteiger partial charge in [0.15, 0.2) is 18.1 Å². The van der Waals surface area contributed by atoms with Gasteiger partial charge >= 0.3 is 0 Å². The molecule has 0 atom stereocenters. The molecule has 0 spiro atoms. The van der Waals surface area contributed by atoms with Crippen LogP contribution in [0.5, 0.6) is 11.5 Å². The van der Waals surface area contributed by atoms with E-state index in [2.05, 4.69) is 10.9 Å². The van der Waals surface area contributed by atoms with Crippen molar-refractivity contribution >= 4 is 5.69 Å². The van der Waals surface area contributed by atoms with Gasteiger partial charge in [-0.1, -0.05) is 30.3 Å². The SMILES string of the molecule is COc1cccc(CNNc2ccccc2)c1OCC#N. The van der Waals surface area contributed by atoms with Crippen LogP contribution in [0.25, 0.3) is 0 Å². The highest BCUT2D eigenvalue weighted by Gasteiger charge is 2.10. The summed E-state index contributed by atoms with van der Waals surface area (Å²) in [6.07, 6.45) is 0. The summed E-state index contributed by atoms with van der Waals surface area (Å²) in [7, 11) is 1.58. The predicted octanol–water partition coefficient (Wildman–Crippen LogP) is 2.71. The van der Waals surface area contributed by atoms with Gasteiger partial charge in [0.25, 0.3) is 0 Å². The lowest BCUT2D eigenvalue weighted by molar-refractivity contribution is 0.325. The predicted molar refractivity (Wildman–Crippen MR) is 81.0 cm³/mol. The van der Waals surface area contributed by atoms with Crippen LogP contribution in [0, 0.1) is 11.3 Å². The fraction of sp³-hybridized carbons (Fsp3) is 0.188. The molecule has 5 heteroatoms. The fourth-order valence-corrected chi connectivity index (χ4v) is 1.89. The third-order valence-corrected chi connectivity index (χ3v) is 2.85. The normalized spacial score (nSPS) is 9.71. The molecule has 0 amide bonds. The Morgan fingerprint density at radius 2 is 1.90 bits per heavy atom. The molecule has 2 aromatic rings. The molecule has 5 nitrogen and oxygen atoms in total. The smallest absolute Gasteiger partial charge is 0.174 e. The second kappa shape index (κ2) is 7.78. The van der Waals surface area contributed by atoms with E-state index < -0.39 is 0 Å². The highest BCUT2D eigenvalue weighted by atomic mass is 16.5. The molecule has 0 aliphatic rings. The van der Waals surface area contributed by atoms with Crippen molar-refractivity contribution in [2.45, 2.75) is 6.54 Å². The van der Waals surface area contributed by atoms with Gasteiger partial charge in [0.1, 0.15) is 6.07 Å². The van der Waals surface area contributed by atoms with Crippen LogP contribution in [0.4, 0.5) is 5.69 Å². The Bertz CT molecular complexity index is 609. The topological polar surface area (TPSA) is 66.3 Å². The van der Waals surface area contributed by atoms with Gasteiger partial charge in [-0.05, 0) is 18.2 Å². The Kier molecular flexibility index (Phi) is 5.44. The van der Waals surface area contributed by atoms with E-state index in [4.69, 9.17) is 14.7 Å². The molecule has 0 heterocycles. The molecule has 0 aliphatic carbocycles. The van der Waals surface area contributed by atoms with Crippen LogP contribution in [-0.4, -0.2) is 13.7 Å². The molecule has 0 saturated heterocycles. The number of benzene rings is 2. The summed E-state index contributed by atoms with van der Waals surface area (Å²) in [5.41, 5.74) is 8.10. The zero-order chi connectivity index (χ0) is 14.9. The minimum Gasteiger partial charge on any atom is -0.493 e. The molecular weight excluding hydrogens is 266 g/mol. The average molecular weight is 283 g/mol. The number of hydrogen-bond donors (Lipinski definition) is 2. The summed E-state index contributed by atoms with van der Waals surface area (Å²) in [5, 5.41) is 8.66. The Balaban J connectivity index is 2.03. The van der Waals surface area contributed by atoms with Crippen molar-refractivity contribution in [2.75, 3.05) is 19.1 Å². The van der Waals surface area contributed by atoms with Crippen molar-refractivity contribution < 1.29 is 9.47 Å². The first-order valence-corrected chi connectivity index (χ1v) is 6.54. The van der Waals surface area contributed by atoms with Crippen LogP contribution in [-0.2, 0) is 6.54 Å². The molecule has 0 radical (unpaired) electrons. The first-order chi connectivity index (χ1) is 10.3. The van der Waals surface area contributed by atoms with Crippen molar-refractivity contribution in [1.82, 2.24) is 5.43 Å². The van der Waals surface area contributed by atoms with Crippen LogP contribution in [0.15, 0.2) is 48.5 Å². The maximum atomic E-state index is 8.66. The van der Waals surface area contributed by atoms with E-state index in [9.17, 15) is 0 Å². The van der Waals surface area contributed by atoms with Crippen molar-refractivity contribution in [3.05, 3.63) is 54.1 Å². The molecule has 2 rings (SSSR count). The number of nitriles is 1. The third kappa shape index (κ3) is 4.13. The third-order valence-electron chi connectivity index (χ3n) is 2.85. The molecule has 0 aliphatic heterocycles. The van der Waals surface area contributed by atoms with Gasteiger partial charge in [-0.25, -0.2) is 5.43 Å². The highest BCUT2D eigenvalue weighted by Crippen LogP contribution is 2.30. The Morgan fingerprint density at radius 3 is 2.62 bits per heavy atom. The summed E-state index contributed by atoms with van der Waals surface area (Å²) in [5.74, 6) is 1.20. The molecule has 2 N–H and O–H groups in total. The van der Waals surface area contributed by atoms with E-state index in [1.807, 2.05) is 48.5 Å². The molecule has 108 valence electrons. The van der Waals surface area contributed by atoms with Crippen molar-refractivity contribution in [3.63, 3.8) is 0 Å². The van der Waals surface area contributed by atoms with Gasteiger partial charge in [0.05, 0.1) is 7.11 Å². The Morgan fingerprint density at radius 1 is 1.10 bits per heavy atom. The number of hydrogen-bond acceptors (Lipinski definition) is 5. The number of methoxy groups -OCH3 is 1. The van der Waals surface area contributed by atoms with Crippen LogP contribution in [0.3, 0.4) is 0 Å². The summed E-state index contributed by atoms with van der Waals surface area (Å²) in [4.78, 5) is 0. The molecule has 21 heavy (non-hydrogen) atoms. The maximum Gasteiger partial charge on any atom is 0.174 e. The molecule has 0 saturated carbocycles. The highest BCUT2D eigenvalue weighted by molar-refractivity contribution is 5.47. The molecule has 0 fully saturated rings. The molecular formula is C16H17N3O2. The van der Waals surface area contributed by atoms with Gasteiger partial charge in [0.2, 0.25) is 0 Å². The minimum atomic E-state index is -0.0144. The first kappa shape index (κ1) is 14.7. The van der Waals surface area contributed by atoms with E-state index in [-0.39, 0.29) is 6.61 Å². The molecule has 0 aromatic heterocycles. The summed E-state index contributed by atoms with van der Waals surface area (Å²) in [6.45, 7) is 0.520. The monoisotopic (exact) mass is 283 g/mol. The minimum absolute atomic E-state index is 0.0144. The van der Waals surface area contributed by atoms with E-state index in [0.29, 0.717) is 18.0 Å². The quantitative estimate of drug-likeness (QED) is 0.765. The standard InChI is InChI=1S/C16H17N3O2/c1-20-15-9-5-6-13(16(15)21-11-10-17)12-18-19-14-7-3-2-4-8-14/h2-9,18-19H,11-12H2,1H3. The second-order valence-corrected chi connectivity index (χ2v) is 4.24. The Labute approximate surface area is 124 Å². The van der Waals surface area contributed by atoms with E-state index in [1.165, 1.54) is 0 Å². The van der Waals surface area contributed by atoms with E-state index >= 15 is 0 Å². The van der Waals surface area contributed by atoms with Gasteiger partial charge in [-0.3, -0.25) is 0 Å². The van der Waals surface area contributed by atoms with Crippen LogP contribution in [0.1, 0.15) is 5.56 Å². The fourth-order valence-electron chi connectivity index (χ4n) is 1.89.